The molecule has 1 saturated heterocycles. The Morgan fingerprint density at radius 2 is 1.78 bits per heavy atom. The molecule has 1 aromatic heterocycles. The van der Waals surface area contributed by atoms with Gasteiger partial charge in [0.2, 0.25) is 0 Å². The van der Waals surface area contributed by atoms with Gasteiger partial charge in [-0.25, -0.2) is 0 Å². The molecular formula is C15H19BF3NO2S. The van der Waals surface area contributed by atoms with E-state index in [1.807, 2.05) is 27.7 Å². The first-order valence-corrected chi connectivity index (χ1v) is 7.80. The van der Waals surface area contributed by atoms with Crippen LogP contribution in [0.2, 0.25) is 0 Å². The van der Waals surface area contributed by atoms with Crippen LogP contribution in [0.15, 0.2) is 23.8 Å². The van der Waals surface area contributed by atoms with E-state index in [0.717, 1.165) is 12.3 Å². The van der Waals surface area contributed by atoms with Gasteiger partial charge in [-0.2, -0.15) is 25.8 Å². The summed E-state index contributed by atoms with van der Waals surface area (Å²) >= 11 is 4.26. The van der Waals surface area contributed by atoms with E-state index in [1.165, 1.54) is 6.07 Å². The molecule has 2 rings (SSSR count). The Labute approximate surface area is 139 Å². The van der Waals surface area contributed by atoms with Gasteiger partial charge in [0.05, 0.1) is 22.5 Å². The molecule has 3 nitrogen and oxygen atoms in total. The van der Waals surface area contributed by atoms with Gasteiger partial charge in [0.25, 0.3) is 0 Å². The van der Waals surface area contributed by atoms with Crippen LogP contribution >= 0.6 is 12.6 Å². The summed E-state index contributed by atoms with van der Waals surface area (Å²) in [5, 5.41) is 0. The second-order valence-corrected chi connectivity index (χ2v) is 6.75. The summed E-state index contributed by atoms with van der Waals surface area (Å²) in [7, 11) is -0.596. The third kappa shape index (κ3) is 3.92. The van der Waals surface area contributed by atoms with E-state index in [2.05, 4.69) is 17.6 Å². The SMILES string of the molecule is CC1(C)OB(C(=Cc2ccc(C(F)(F)F)cn2)CS)OC1(C)C. The Balaban J connectivity index is 2.23. The average Bonchev–Trinajstić information content (AvgIpc) is 2.64. The van der Waals surface area contributed by atoms with Crippen molar-refractivity contribution in [2.75, 3.05) is 5.75 Å². The molecule has 23 heavy (non-hydrogen) atoms. The second kappa shape index (κ2) is 6.14. The molecule has 0 amide bonds. The minimum Gasteiger partial charge on any atom is -0.400 e. The summed E-state index contributed by atoms with van der Waals surface area (Å²) in [5.74, 6) is 0.347. The Morgan fingerprint density at radius 1 is 1.22 bits per heavy atom. The van der Waals surface area contributed by atoms with Crippen LogP contribution in [0.25, 0.3) is 6.08 Å². The van der Waals surface area contributed by atoms with Gasteiger partial charge in [0.1, 0.15) is 0 Å². The fourth-order valence-corrected chi connectivity index (χ4v) is 2.27. The molecule has 0 aromatic carbocycles. The minimum absolute atomic E-state index is 0.347. The molecule has 0 spiro atoms. The molecule has 1 fully saturated rings. The van der Waals surface area contributed by atoms with Crippen LogP contribution in [0.5, 0.6) is 0 Å². The zero-order valence-corrected chi connectivity index (χ0v) is 14.3. The van der Waals surface area contributed by atoms with E-state index in [-0.39, 0.29) is 0 Å². The number of thiol groups is 1. The number of hydrogen-bond donors (Lipinski definition) is 1. The normalized spacial score (nSPS) is 20.9. The van der Waals surface area contributed by atoms with Gasteiger partial charge in [0, 0.05) is 11.9 Å². The van der Waals surface area contributed by atoms with Crippen molar-refractivity contribution in [3.8, 4) is 0 Å². The van der Waals surface area contributed by atoms with Gasteiger partial charge in [-0.1, -0.05) is 0 Å². The number of nitrogens with zero attached hydrogens (tertiary/aromatic N) is 1. The van der Waals surface area contributed by atoms with Crippen molar-refractivity contribution < 1.29 is 22.5 Å². The van der Waals surface area contributed by atoms with E-state index in [1.54, 1.807) is 6.08 Å². The molecule has 0 unspecified atom stereocenters. The lowest BCUT2D eigenvalue weighted by Crippen LogP contribution is -2.41. The van der Waals surface area contributed by atoms with Gasteiger partial charge in [-0.15, -0.1) is 0 Å². The lowest BCUT2D eigenvalue weighted by Gasteiger charge is -2.32. The van der Waals surface area contributed by atoms with Crippen LogP contribution in [0.3, 0.4) is 0 Å². The standard InChI is InChI=1S/C15H19BF3NO2S/c1-13(2)14(3,4)22-16(21-13)11(9-23)7-12-6-5-10(8-20-12)15(17,18)19/h5-8,23H,9H2,1-4H3. The Hall–Kier alpha value is -0.985. The first-order valence-electron chi connectivity index (χ1n) is 7.16. The highest BCUT2D eigenvalue weighted by Crippen LogP contribution is 2.39. The predicted molar refractivity (Wildman–Crippen MR) is 87.2 cm³/mol. The largest absolute Gasteiger partial charge is 0.491 e. The number of hydrogen-bond acceptors (Lipinski definition) is 4. The number of rotatable bonds is 3. The Morgan fingerprint density at radius 3 is 2.17 bits per heavy atom. The van der Waals surface area contributed by atoms with Gasteiger partial charge in [-0.05, 0) is 51.4 Å². The number of alkyl halides is 3. The molecule has 1 aliphatic rings. The third-order valence-corrected chi connectivity index (χ3v) is 4.55. The monoisotopic (exact) mass is 345 g/mol. The Bertz CT molecular complexity index is 584. The average molecular weight is 345 g/mol. The van der Waals surface area contributed by atoms with E-state index in [4.69, 9.17) is 9.31 Å². The van der Waals surface area contributed by atoms with E-state index in [0.29, 0.717) is 16.9 Å². The molecular weight excluding hydrogens is 326 g/mol. The molecule has 2 heterocycles. The fraction of sp³-hybridized carbons (Fsp3) is 0.533. The summed E-state index contributed by atoms with van der Waals surface area (Å²) < 4.78 is 49.5. The number of aromatic nitrogens is 1. The van der Waals surface area contributed by atoms with Crippen LogP contribution in [-0.4, -0.2) is 29.1 Å². The van der Waals surface area contributed by atoms with Gasteiger partial charge in [-0.3, -0.25) is 4.98 Å². The van der Waals surface area contributed by atoms with Crippen molar-refractivity contribution in [2.24, 2.45) is 0 Å². The van der Waals surface area contributed by atoms with Crippen LogP contribution in [-0.2, 0) is 15.5 Å². The van der Waals surface area contributed by atoms with Crippen molar-refractivity contribution in [1.82, 2.24) is 4.98 Å². The highest BCUT2D eigenvalue weighted by molar-refractivity contribution is 7.80. The van der Waals surface area contributed by atoms with E-state index >= 15 is 0 Å². The van der Waals surface area contributed by atoms with Gasteiger partial charge in [0.15, 0.2) is 0 Å². The Kier molecular flexibility index (Phi) is 4.90. The van der Waals surface area contributed by atoms with Crippen molar-refractivity contribution >= 4 is 25.8 Å². The van der Waals surface area contributed by atoms with Gasteiger partial charge < -0.3 is 9.31 Å². The fourth-order valence-electron chi connectivity index (χ4n) is 2.03. The topological polar surface area (TPSA) is 31.4 Å². The molecule has 126 valence electrons. The lowest BCUT2D eigenvalue weighted by atomic mass is 9.78. The maximum Gasteiger partial charge on any atom is 0.491 e. The molecule has 1 aliphatic heterocycles. The summed E-state index contributed by atoms with van der Waals surface area (Å²) in [4.78, 5) is 3.84. The molecule has 0 radical (unpaired) electrons. The summed E-state index contributed by atoms with van der Waals surface area (Å²) in [6.45, 7) is 7.72. The number of pyridine rings is 1. The maximum atomic E-state index is 12.6. The number of halogens is 3. The first kappa shape index (κ1) is 18.4. The smallest absolute Gasteiger partial charge is 0.400 e. The van der Waals surface area contributed by atoms with Crippen LogP contribution in [0.1, 0.15) is 39.0 Å². The molecule has 8 heteroatoms. The molecule has 0 atom stereocenters. The summed E-state index contributed by atoms with van der Waals surface area (Å²) in [6.07, 6.45) is -1.94. The maximum absolute atomic E-state index is 12.6. The van der Waals surface area contributed by atoms with Crippen LogP contribution in [0.4, 0.5) is 13.2 Å². The van der Waals surface area contributed by atoms with Gasteiger partial charge >= 0.3 is 13.3 Å². The van der Waals surface area contributed by atoms with E-state index in [9.17, 15) is 13.2 Å². The molecule has 0 N–H and O–H groups in total. The quantitative estimate of drug-likeness (QED) is 0.663. The minimum atomic E-state index is -4.40. The second-order valence-electron chi connectivity index (χ2n) is 6.44. The highest BCUT2D eigenvalue weighted by Gasteiger charge is 2.52. The van der Waals surface area contributed by atoms with Crippen LogP contribution in [0, 0.1) is 0 Å². The molecule has 1 aromatic rings. The third-order valence-electron chi connectivity index (χ3n) is 4.19. The van der Waals surface area contributed by atoms with E-state index < -0.39 is 30.1 Å². The molecule has 0 aliphatic carbocycles. The zero-order chi connectivity index (χ0) is 17.5. The van der Waals surface area contributed by atoms with Crippen LogP contribution < -0.4 is 0 Å². The van der Waals surface area contributed by atoms with Crippen molar-refractivity contribution in [2.45, 2.75) is 45.1 Å². The zero-order valence-electron chi connectivity index (χ0n) is 13.4. The van der Waals surface area contributed by atoms with Crippen molar-refractivity contribution in [3.05, 3.63) is 35.1 Å². The summed E-state index contributed by atoms with van der Waals surface area (Å²) in [5.41, 5.74) is -0.658. The summed E-state index contributed by atoms with van der Waals surface area (Å²) in [6, 6.07) is 2.32. The highest BCUT2D eigenvalue weighted by atomic mass is 32.1. The van der Waals surface area contributed by atoms with Crippen molar-refractivity contribution in [1.29, 1.82) is 0 Å². The predicted octanol–water partition coefficient (Wildman–Crippen LogP) is 4.05. The first-order chi connectivity index (χ1) is 10.5. The van der Waals surface area contributed by atoms with Crippen molar-refractivity contribution in [3.63, 3.8) is 0 Å². The molecule has 0 bridgehead atoms. The molecule has 0 saturated carbocycles. The lowest BCUT2D eigenvalue weighted by molar-refractivity contribution is -0.137.